The van der Waals surface area contributed by atoms with Gasteiger partial charge in [0.2, 0.25) is 0 Å². The Kier molecular flexibility index (Phi) is 3.74. The van der Waals surface area contributed by atoms with Crippen LogP contribution in [0.4, 0.5) is 5.82 Å². The van der Waals surface area contributed by atoms with Crippen LogP contribution in [-0.2, 0) is 6.54 Å². The summed E-state index contributed by atoms with van der Waals surface area (Å²) in [6.45, 7) is 5.30. The highest BCUT2D eigenvalue weighted by molar-refractivity contribution is 5.41. The minimum atomic E-state index is 0.906. The summed E-state index contributed by atoms with van der Waals surface area (Å²) in [6, 6.07) is 4.25. The van der Waals surface area contributed by atoms with Gasteiger partial charge in [0.25, 0.3) is 0 Å². The molecule has 0 atom stereocenters. The number of hydrogen-bond acceptors (Lipinski definition) is 4. The smallest absolute Gasteiger partial charge is 0.128 e. The van der Waals surface area contributed by atoms with Crippen molar-refractivity contribution in [3.05, 3.63) is 23.9 Å². The van der Waals surface area contributed by atoms with Crippen molar-refractivity contribution in [3.8, 4) is 0 Å². The van der Waals surface area contributed by atoms with E-state index in [9.17, 15) is 0 Å². The van der Waals surface area contributed by atoms with Gasteiger partial charge < -0.3 is 15.1 Å². The van der Waals surface area contributed by atoms with Crippen LogP contribution in [0.5, 0.6) is 0 Å². The number of anilines is 1. The normalized spacial score (nSPS) is 17.8. The van der Waals surface area contributed by atoms with Crippen LogP contribution in [-0.4, -0.2) is 50.2 Å². The molecule has 16 heavy (non-hydrogen) atoms. The average molecular weight is 220 g/mol. The molecule has 0 unspecified atom stereocenters. The zero-order valence-electron chi connectivity index (χ0n) is 10.1. The van der Waals surface area contributed by atoms with Crippen molar-refractivity contribution in [2.45, 2.75) is 6.54 Å². The maximum Gasteiger partial charge on any atom is 0.128 e. The van der Waals surface area contributed by atoms with Gasteiger partial charge >= 0.3 is 0 Å². The third kappa shape index (κ3) is 2.71. The van der Waals surface area contributed by atoms with Gasteiger partial charge in [0.05, 0.1) is 0 Å². The fourth-order valence-corrected chi connectivity index (χ4v) is 1.98. The molecule has 0 aliphatic carbocycles. The van der Waals surface area contributed by atoms with Crippen LogP contribution < -0.4 is 10.2 Å². The van der Waals surface area contributed by atoms with E-state index in [0.29, 0.717) is 0 Å². The van der Waals surface area contributed by atoms with Crippen LogP contribution in [0.25, 0.3) is 0 Å². The van der Waals surface area contributed by atoms with Gasteiger partial charge in [-0.1, -0.05) is 0 Å². The second kappa shape index (κ2) is 5.27. The summed E-state index contributed by atoms with van der Waals surface area (Å²) in [7, 11) is 4.14. The molecule has 0 radical (unpaired) electrons. The summed E-state index contributed by atoms with van der Waals surface area (Å²) in [5.74, 6) is 1.11. The highest BCUT2D eigenvalue weighted by Crippen LogP contribution is 2.14. The molecule has 2 heterocycles. The molecule has 1 saturated heterocycles. The summed E-state index contributed by atoms with van der Waals surface area (Å²) in [6.07, 6.45) is 1.90. The lowest BCUT2D eigenvalue weighted by atomic mass is 10.2. The molecule has 4 nitrogen and oxygen atoms in total. The number of rotatable bonds is 3. The van der Waals surface area contributed by atoms with Gasteiger partial charge in [-0.25, -0.2) is 4.98 Å². The molecule has 0 spiro atoms. The first-order valence-corrected chi connectivity index (χ1v) is 5.82. The molecule has 1 N–H and O–H groups in total. The van der Waals surface area contributed by atoms with Gasteiger partial charge in [-0.2, -0.15) is 0 Å². The van der Waals surface area contributed by atoms with E-state index < -0.39 is 0 Å². The molecule has 1 aromatic rings. The predicted octanol–water partition coefficient (Wildman–Crippen LogP) is 0.553. The summed E-state index contributed by atoms with van der Waals surface area (Å²) in [5, 5.41) is 3.17. The molecular weight excluding hydrogens is 200 g/mol. The Morgan fingerprint density at radius 2 is 2.06 bits per heavy atom. The first kappa shape index (κ1) is 11.4. The highest BCUT2D eigenvalue weighted by Gasteiger charge is 2.15. The average Bonchev–Trinajstić information content (AvgIpc) is 2.31. The molecule has 4 heteroatoms. The van der Waals surface area contributed by atoms with Gasteiger partial charge in [0.1, 0.15) is 5.82 Å². The van der Waals surface area contributed by atoms with E-state index in [1.54, 1.807) is 0 Å². The Labute approximate surface area is 97.3 Å². The maximum absolute atomic E-state index is 4.45. The van der Waals surface area contributed by atoms with Crippen molar-refractivity contribution in [2.75, 3.05) is 45.2 Å². The molecule has 0 aromatic carbocycles. The topological polar surface area (TPSA) is 31.4 Å². The SMILES string of the molecule is CNCc1ccnc(N2CCN(C)CC2)c1. The van der Waals surface area contributed by atoms with Gasteiger partial charge in [-0.05, 0) is 31.8 Å². The van der Waals surface area contributed by atoms with E-state index in [4.69, 9.17) is 0 Å². The van der Waals surface area contributed by atoms with E-state index in [0.717, 1.165) is 38.5 Å². The Morgan fingerprint density at radius 1 is 1.31 bits per heavy atom. The fraction of sp³-hybridized carbons (Fsp3) is 0.583. The molecule has 0 saturated carbocycles. The van der Waals surface area contributed by atoms with E-state index in [1.807, 2.05) is 13.2 Å². The van der Waals surface area contributed by atoms with Crippen molar-refractivity contribution >= 4 is 5.82 Å². The number of aromatic nitrogens is 1. The molecule has 0 bridgehead atoms. The third-order valence-electron chi connectivity index (χ3n) is 3.02. The Morgan fingerprint density at radius 3 is 2.75 bits per heavy atom. The Bertz CT molecular complexity index is 332. The quantitative estimate of drug-likeness (QED) is 0.806. The molecule has 1 aliphatic heterocycles. The largest absolute Gasteiger partial charge is 0.354 e. The number of piperazine rings is 1. The second-order valence-corrected chi connectivity index (χ2v) is 4.34. The van der Waals surface area contributed by atoms with Crippen molar-refractivity contribution in [1.29, 1.82) is 0 Å². The zero-order valence-corrected chi connectivity index (χ0v) is 10.1. The van der Waals surface area contributed by atoms with Crippen LogP contribution in [0, 0.1) is 0 Å². The van der Waals surface area contributed by atoms with Gasteiger partial charge in [0.15, 0.2) is 0 Å². The number of pyridine rings is 1. The summed E-state index contributed by atoms with van der Waals surface area (Å²) >= 11 is 0. The fourth-order valence-electron chi connectivity index (χ4n) is 1.98. The predicted molar refractivity (Wildman–Crippen MR) is 66.7 cm³/mol. The van der Waals surface area contributed by atoms with E-state index in [2.05, 4.69) is 39.3 Å². The van der Waals surface area contributed by atoms with Crippen molar-refractivity contribution in [3.63, 3.8) is 0 Å². The molecular formula is C12H20N4. The van der Waals surface area contributed by atoms with E-state index in [-0.39, 0.29) is 0 Å². The lowest BCUT2D eigenvalue weighted by Crippen LogP contribution is -2.44. The minimum absolute atomic E-state index is 0.906. The standard InChI is InChI=1S/C12H20N4/c1-13-10-11-3-4-14-12(9-11)16-7-5-15(2)6-8-16/h3-4,9,13H,5-8,10H2,1-2H3. The monoisotopic (exact) mass is 220 g/mol. The third-order valence-corrected chi connectivity index (χ3v) is 3.02. The van der Waals surface area contributed by atoms with E-state index in [1.165, 1.54) is 5.56 Å². The van der Waals surface area contributed by atoms with Gasteiger partial charge in [-0.3, -0.25) is 0 Å². The van der Waals surface area contributed by atoms with Crippen LogP contribution in [0.15, 0.2) is 18.3 Å². The summed E-state index contributed by atoms with van der Waals surface area (Å²) in [4.78, 5) is 9.17. The Hall–Kier alpha value is -1.13. The molecule has 88 valence electrons. The maximum atomic E-state index is 4.45. The highest BCUT2D eigenvalue weighted by atomic mass is 15.3. The molecule has 1 fully saturated rings. The first-order valence-electron chi connectivity index (χ1n) is 5.82. The minimum Gasteiger partial charge on any atom is -0.354 e. The number of hydrogen-bond donors (Lipinski definition) is 1. The van der Waals surface area contributed by atoms with Crippen LogP contribution in [0.3, 0.4) is 0 Å². The second-order valence-electron chi connectivity index (χ2n) is 4.34. The van der Waals surface area contributed by atoms with Gasteiger partial charge in [0, 0.05) is 38.9 Å². The first-order chi connectivity index (χ1) is 7.79. The number of likely N-dealkylation sites (N-methyl/N-ethyl adjacent to an activating group) is 1. The molecule has 0 amide bonds. The lowest BCUT2D eigenvalue weighted by molar-refractivity contribution is 0.312. The van der Waals surface area contributed by atoms with Crippen molar-refractivity contribution in [1.82, 2.24) is 15.2 Å². The number of nitrogens with one attached hydrogen (secondary N) is 1. The van der Waals surface area contributed by atoms with Crippen molar-refractivity contribution < 1.29 is 0 Å². The molecule has 1 aromatic heterocycles. The van der Waals surface area contributed by atoms with Crippen LogP contribution in [0.2, 0.25) is 0 Å². The van der Waals surface area contributed by atoms with Crippen LogP contribution in [0.1, 0.15) is 5.56 Å². The molecule has 1 aliphatic rings. The summed E-state index contributed by atoms with van der Waals surface area (Å²) in [5.41, 5.74) is 1.30. The number of nitrogens with zero attached hydrogens (tertiary/aromatic N) is 3. The zero-order chi connectivity index (χ0) is 11.4. The molecule has 2 rings (SSSR count). The van der Waals surface area contributed by atoms with Crippen LogP contribution >= 0.6 is 0 Å². The summed E-state index contributed by atoms with van der Waals surface area (Å²) < 4.78 is 0. The Balaban J connectivity index is 2.05. The van der Waals surface area contributed by atoms with E-state index >= 15 is 0 Å². The lowest BCUT2D eigenvalue weighted by Gasteiger charge is -2.33. The van der Waals surface area contributed by atoms with Gasteiger partial charge in [-0.15, -0.1) is 0 Å². The van der Waals surface area contributed by atoms with Crippen molar-refractivity contribution in [2.24, 2.45) is 0 Å².